The predicted octanol–water partition coefficient (Wildman–Crippen LogP) is 5.01. The lowest BCUT2D eigenvalue weighted by Crippen LogP contribution is -2.24. The molecule has 4 heteroatoms. The molecule has 0 bridgehead atoms. The third-order valence-corrected chi connectivity index (χ3v) is 4.71. The van der Waals surface area contributed by atoms with Crippen LogP contribution in [-0.2, 0) is 4.79 Å². The quantitative estimate of drug-likeness (QED) is 0.659. The lowest BCUT2D eigenvalue weighted by molar-refractivity contribution is -0.117. The van der Waals surface area contributed by atoms with E-state index in [1.165, 1.54) is 17.2 Å². The van der Waals surface area contributed by atoms with Gasteiger partial charge in [-0.15, -0.1) is 11.3 Å². The Morgan fingerprint density at radius 3 is 2.40 bits per heavy atom. The second-order valence-electron chi connectivity index (χ2n) is 5.84. The summed E-state index contributed by atoms with van der Waals surface area (Å²) < 4.78 is 0. The number of hydrogen-bond donors (Lipinski definition) is 1. The summed E-state index contributed by atoms with van der Waals surface area (Å²) in [6.45, 7) is 3.93. The summed E-state index contributed by atoms with van der Waals surface area (Å²) in [5, 5.41) is 5.91. The monoisotopic (exact) mass is 348 g/mol. The third kappa shape index (κ3) is 4.64. The average Bonchev–Trinajstić information content (AvgIpc) is 3.06. The molecular formula is C21H20N2OS. The van der Waals surface area contributed by atoms with Gasteiger partial charge in [0.25, 0.3) is 0 Å². The molecule has 1 atom stereocenters. The zero-order chi connectivity index (χ0) is 17.6. The van der Waals surface area contributed by atoms with E-state index < -0.39 is 0 Å². The van der Waals surface area contributed by atoms with Crippen molar-refractivity contribution in [1.29, 1.82) is 0 Å². The first-order valence-corrected chi connectivity index (χ1v) is 9.06. The topological polar surface area (TPSA) is 42.0 Å². The van der Waals surface area contributed by atoms with Crippen LogP contribution < -0.4 is 5.32 Å². The fourth-order valence-corrected chi connectivity index (χ4v) is 3.14. The number of carbonyl (C=O) groups excluding carboxylic acids is 1. The normalized spacial score (nSPS) is 12.2. The van der Waals surface area contributed by atoms with Gasteiger partial charge in [-0.25, -0.2) is 4.98 Å². The predicted molar refractivity (Wildman–Crippen MR) is 104 cm³/mol. The second kappa shape index (κ2) is 7.90. The Balaban J connectivity index is 1.62. The highest BCUT2D eigenvalue weighted by Crippen LogP contribution is 2.21. The van der Waals surface area contributed by atoms with E-state index in [4.69, 9.17) is 0 Å². The van der Waals surface area contributed by atoms with Crippen molar-refractivity contribution < 1.29 is 4.79 Å². The van der Waals surface area contributed by atoms with Gasteiger partial charge in [-0.2, -0.15) is 0 Å². The number of amides is 1. The van der Waals surface area contributed by atoms with Gasteiger partial charge in [-0.1, -0.05) is 54.6 Å². The Kier molecular flexibility index (Phi) is 5.41. The fraction of sp³-hybridized carbons (Fsp3) is 0.143. The molecule has 0 aliphatic heterocycles. The number of hydrogen-bond acceptors (Lipinski definition) is 3. The molecule has 1 N–H and O–H groups in total. The zero-order valence-electron chi connectivity index (χ0n) is 14.3. The Labute approximate surface area is 152 Å². The average molecular weight is 348 g/mol. The second-order valence-corrected chi connectivity index (χ2v) is 6.91. The maximum absolute atomic E-state index is 12.1. The molecule has 0 unspecified atom stereocenters. The van der Waals surface area contributed by atoms with E-state index in [9.17, 15) is 4.79 Å². The Morgan fingerprint density at radius 1 is 1.08 bits per heavy atom. The molecule has 3 rings (SSSR count). The Bertz CT molecular complexity index is 866. The first kappa shape index (κ1) is 17.1. The molecule has 3 aromatic rings. The molecule has 1 amide bonds. The molecule has 0 fully saturated rings. The van der Waals surface area contributed by atoms with Crippen LogP contribution >= 0.6 is 11.3 Å². The molecule has 0 aliphatic rings. The van der Waals surface area contributed by atoms with Crippen LogP contribution in [0.2, 0.25) is 0 Å². The molecule has 0 spiro atoms. The summed E-state index contributed by atoms with van der Waals surface area (Å²) in [4.78, 5) is 16.4. The summed E-state index contributed by atoms with van der Waals surface area (Å²) >= 11 is 1.57. The van der Waals surface area contributed by atoms with Crippen LogP contribution in [0.25, 0.3) is 17.2 Å². The van der Waals surface area contributed by atoms with Crippen molar-refractivity contribution in [3.63, 3.8) is 0 Å². The largest absolute Gasteiger partial charge is 0.346 e. The maximum atomic E-state index is 12.1. The number of rotatable bonds is 5. The Morgan fingerprint density at radius 2 is 1.76 bits per heavy atom. The van der Waals surface area contributed by atoms with Gasteiger partial charge in [0, 0.05) is 11.5 Å². The van der Waals surface area contributed by atoms with Crippen molar-refractivity contribution in [3.05, 3.63) is 82.3 Å². The molecule has 1 heterocycles. The van der Waals surface area contributed by atoms with Crippen molar-refractivity contribution >= 4 is 23.3 Å². The first-order chi connectivity index (χ1) is 12.1. The molecule has 0 aliphatic carbocycles. The summed E-state index contributed by atoms with van der Waals surface area (Å²) in [6.07, 6.45) is 3.27. The highest BCUT2D eigenvalue weighted by molar-refractivity contribution is 7.09. The third-order valence-electron chi connectivity index (χ3n) is 3.92. The summed E-state index contributed by atoms with van der Waals surface area (Å²) in [5.74, 6) is -0.120. The number of nitrogens with one attached hydrogen (secondary N) is 1. The van der Waals surface area contributed by atoms with Gasteiger partial charge in [-0.3, -0.25) is 4.79 Å². The van der Waals surface area contributed by atoms with E-state index in [-0.39, 0.29) is 11.9 Å². The van der Waals surface area contributed by atoms with E-state index >= 15 is 0 Å². The molecule has 2 aromatic carbocycles. The highest BCUT2D eigenvalue weighted by Gasteiger charge is 2.08. The van der Waals surface area contributed by atoms with Gasteiger partial charge >= 0.3 is 0 Å². The first-order valence-electron chi connectivity index (χ1n) is 8.18. The van der Waals surface area contributed by atoms with Gasteiger partial charge in [0.1, 0.15) is 0 Å². The van der Waals surface area contributed by atoms with Crippen molar-refractivity contribution in [1.82, 2.24) is 10.3 Å². The maximum Gasteiger partial charge on any atom is 0.244 e. The van der Waals surface area contributed by atoms with E-state index in [1.807, 2.05) is 37.4 Å². The molecule has 3 nitrogen and oxygen atoms in total. The van der Waals surface area contributed by atoms with Crippen LogP contribution in [-0.4, -0.2) is 10.9 Å². The number of aryl methyl sites for hydroxylation is 1. The van der Waals surface area contributed by atoms with Gasteiger partial charge in [0.15, 0.2) is 0 Å². The van der Waals surface area contributed by atoms with Crippen molar-refractivity contribution in [2.24, 2.45) is 0 Å². The molecule has 25 heavy (non-hydrogen) atoms. The van der Waals surface area contributed by atoms with Crippen molar-refractivity contribution in [2.75, 3.05) is 0 Å². The highest BCUT2D eigenvalue weighted by atomic mass is 32.1. The molecular weight excluding hydrogens is 328 g/mol. The van der Waals surface area contributed by atoms with Crippen LogP contribution in [0.1, 0.15) is 29.2 Å². The van der Waals surface area contributed by atoms with Crippen LogP contribution in [0.15, 0.2) is 66.1 Å². The smallest absolute Gasteiger partial charge is 0.244 e. The molecule has 1 aromatic heterocycles. The van der Waals surface area contributed by atoms with Crippen LogP contribution in [0.5, 0.6) is 0 Å². The SMILES string of the molecule is Cc1nc(/C=C\C(=O)N[C@H](C)c2ccc(-c3ccccc3)cc2)cs1. The lowest BCUT2D eigenvalue weighted by atomic mass is 10.0. The van der Waals surface area contributed by atoms with Crippen LogP contribution in [0.3, 0.4) is 0 Å². The lowest BCUT2D eigenvalue weighted by Gasteiger charge is -2.13. The summed E-state index contributed by atoms with van der Waals surface area (Å²) in [6, 6.07) is 18.5. The molecule has 0 radical (unpaired) electrons. The van der Waals surface area contributed by atoms with E-state index in [0.29, 0.717) is 0 Å². The number of benzene rings is 2. The molecule has 0 saturated carbocycles. The van der Waals surface area contributed by atoms with Gasteiger partial charge in [0.05, 0.1) is 16.7 Å². The summed E-state index contributed by atoms with van der Waals surface area (Å²) in [5.41, 5.74) is 4.25. The van der Waals surface area contributed by atoms with Crippen molar-refractivity contribution in [2.45, 2.75) is 19.9 Å². The zero-order valence-corrected chi connectivity index (χ0v) is 15.1. The Hall–Kier alpha value is -2.72. The minimum atomic E-state index is -0.120. The van der Waals surface area contributed by atoms with E-state index in [2.05, 4.69) is 46.7 Å². The summed E-state index contributed by atoms with van der Waals surface area (Å²) in [7, 11) is 0. The van der Waals surface area contributed by atoms with Crippen LogP contribution in [0.4, 0.5) is 0 Å². The number of aromatic nitrogens is 1. The molecule has 0 saturated heterocycles. The number of thiazole rings is 1. The van der Waals surface area contributed by atoms with E-state index in [1.54, 1.807) is 17.4 Å². The van der Waals surface area contributed by atoms with Crippen molar-refractivity contribution in [3.8, 4) is 11.1 Å². The number of carbonyl (C=O) groups is 1. The van der Waals surface area contributed by atoms with Gasteiger partial charge in [0.2, 0.25) is 5.91 Å². The fourth-order valence-electron chi connectivity index (χ4n) is 2.56. The van der Waals surface area contributed by atoms with E-state index in [0.717, 1.165) is 16.3 Å². The number of nitrogens with zero attached hydrogens (tertiary/aromatic N) is 1. The van der Waals surface area contributed by atoms with Gasteiger partial charge < -0.3 is 5.32 Å². The van der Waals surface area contributed by atoms with Gasteiger partial charge in [-0.05, 0) is 36.6 Å². The van der Waals surface area contributed by atoms with Crippen LogP contribution in [0, 0.1) is 6.92 Å². The standard InChI is InChI=1S/C21H20N2OS/c1-15(22-21(24)13-12-20-14-25-16(2)23-20)17-8-10-19(11-9-17)18-6-4-3-5-7-18/h3-15H,1-2H3,(H,22,24)/b13-12-/t15-/m1/s1. The minimum absolute atomic E-state index is 0.0563. The minimum Gasteiger partial charge on any atom is -0.346 e. The molecule has 126 valence electrons.